The van der Waals surface area contributed by atoms with Crippen LogP contribution >= 0.6 is 11.8 Å². The summed E-state index contributed by atoms with van der Waals surface area (Å²) >= 11 is 1.71. The van der Waals surface area contributed by atoms with Crippen LogP contribution in [0.3, 0.4) is 0 Å². The minimum atomic E-state index is -0.256. The number of hydrogen-bond acceptors (Lipinski definition) is 3. The van der Waals surface area contributed by atoms with Crippen molar-refractivity contribution in [1.29, 1.82) is 0 Å². The van der Waals surface area contributed by atoms with E-state index in [-0.39, 0.29) is 17.3 Å². The quantitative estimate of drug-likeness (QED) is 0.404. The zero-order chi connectivity index (χ0) is 8.01. The second-order valence-electron chi connectivity index (χ2n) is 2.94. The predicted octanol–water partition coefficient (Wildman–Crippen LogP) is -0.215. The van der Waals surface area contributed by atoms with Crippen molar-refractivity contribution in [2.75, 3.05) is 12.3 Å². The number of thioether (sulfide) groups is 1. The maximum absolute atomic E-state index is 11.1. The molecule has 2 rings (SSSR count). The zero-order valence-electron chi connectivity index (χ0n) is 6.12. The van der Waals surface area contributed by atoms with Crippen molar-refractivity contribution in [2.45, 2.75) is 11.4 Å². The molecule has 0 aromatic heterocycles. The van der Waals surface area contributed by atoms with Gasteiger partial charge in [-0.15, -0.1) is 11.8 Å². The van der Waals surface area contributed by atoms with Crippen LogP contribution in [0.25, 0.3) is 0 Å². The number of carbonyl (C=O) groups excluding carboxylic acids is 1. The number of amides is 1. The first-order valence-electron chi connectivity index (χ1n) is 3.54. The molecule has 2 aliphatic heterocycles. The van der Waals surface area contributed by atoms with Crippen LogP contribution in [0.5, 0.6) is 0 Å². The molecule has 0 radical (unpaired) electrons. The highest BCUT2D eigenvalue weighted by Gasteiger charge is 2.46. The average molecular weight is 170 g/mol. The van der Waals surface area contributed by atoms with E-state index in [9.17, 15) is 4.79 Å². The van der Waals surface area contributed by atoms with Crippen molar-refractivity contribution >= 4 is 17.7 Å². The molecule has 0 aromatic rings. The standard InChI is InChI=1S/C7H10N2OS/c1-4-2-9-6(10)5(8)7(9)11-3-4/h5,7H,1-3,8H2/t5?,7-/m0/s1. The third kappa shape index (κ3) is 0.895. The zero-order valence-corrected chi connectivity index (χ0v) is 6.93. The maximum atomic E-state index is 11.1. The van der Waals surface area contributed by atoms with Crippen LogP contribution in [0.2, 0.25) is 0 Å². The normalized spacial score (nSPS) is 36.6. The largest absolute Gasteiger partial charge is 0.323 e. The number of β-lactam (4-membered cyclic amide) rings is 1. The van der Waals surface area contributed by atoms with Gasteiger partial charge in [0.1, 0.15) is 11.4 Å². The van der Waals surface area contributed by atoms with Crippen molar-refractivity contribution in [2.24, 2.45) is 5.73 Å². The summed E-state index contributed by atoms with van der Waals surface area (Å²) in [6.45, 7) is 4.55. The molecule has 2 aliphatic rings. The Morgan fingerprint density at radius 3 is 3.18 bits per heavy atom. The van der Waals surface area contributed by atoms with E-state index < -0.39 is 0 Å². The molecule has 3 nitrogen and oxygen atoms in total. The predicted molar refractivity (Wildman–Crippen MR) is 45.1 cm³/mol. The van der Waals surface area contributed by atoms with Crippen LogP contribution in [0.15, 0.2) is 12.2 Å². The monoisotopic (exact) mass is 170 g/mol. The number of hydrogen-bond donors (Lipinski definition) is 1. The number of nitrogens with two attached hydrogens (primary N) is 1. The van der Waals surface area contributed by atoms with Crippen molar-refractivity contribution < 1.29 is 4.79 Å². The van der Waals surface area contributed by atoms with Crippen molar-refractivity contribution in [3.8, 4) is 0 Å². The second kappa shape index (κ2) is 2.25. The number of nitrogens with zero attached hydrogens (tertiary/aromatic N) is 1. The molecule has 2 heterocycles. The SMILES string of the molecule is C=C1CS[C@H]2C(N)C(=O)N2C1. The molecule has 11 heavy (non-hydrogen) atoms. The summed E-state index contributed by atoms with van der Waals surface area (Å²) in [7, 11) is 0. The van der Waals surface area contributed by atoms with Gasteiger partial charge in [0.2, 0.25) is 5.91 Å². The first-order chi connectivity index (χ1) is 5.20. The molecule has 0 aliphatic carbocycles. The Morgan fingerprint density at radius 2 is 2.45 bits per heavy atom. The van der Waals surface area contributed by atoms with E-state index in [2.05, 4.69) is 6.58 Å². The molecule has 2 N–H and O–H groups in total. The molecule has 0 spiro atoms. The molecular formula is C7H10N2OS. The fourth-order valence-electron chi connectivity index (χ4n) is 1.40. The molecule has 2 saturated heterocycles. The van der Waals surface area contributed by atoms with E-state index in [4.69, 9.17) is 5.73 Å². The van der Waals surface area contributed by atoms with E-state index in [0.29, 0.717) is 6.54 Å². The molecule has 2 atom stereocenters. The van der Waals surface area contributed by atoms with E-state index in [1.165, 1.54) is 0 Å². The lowest BCUT2D eigenvalue weighted by Crippen LogP contribution is -2.68. The summed E-state index contributed by atoms with van der Waals surface area (Å²) in [6.07, 6.45) is 0. The fraction of sp³-hybridized carbons (Fsp3) is 0.571. The van der Waals surface area contributed by atoms with Gasteiger partial charge in [0.25, 0.3) is 0 Å². The van der Waals surface area contributed by atoms with E-state index in [1.807, 2.05) is 0 Å². The van der Waals surface area contributed by atoms with Crippen LogP contribution in [0.4, 0.5) is 0 Å². The fourth-order valence-corrected chi connectivity index (χ4v) is 2.58. The Kier molecular flexibility index (Phi) is 1.47. The number of fused-ring (bicyclic) bond motifs is 1. The Labute approximate surface area is 69.6 Å². The third-order valence-corrected chi connectivity index (χ3v) is 3.50. The molecule has 4 heteroatoms. The second-order valence-corrected chi connectivity index (χ2v) is 4.05. The lowest BCUT2D eigenvalue weighted by molar-refractivity contribution is -0.143. The van der Waals surface area contributed by atoms with Gasteiger partial charge in [-0.2, -0.15) is 0 Å². The molecule has 1 unspecified atom stereocenters. The van der Waals surface area contributed by atoms with Crippen LogP contribution in [-0.4, -0.2) is 34.5 Å². The first kappa shape index (κ1) is 7.18. The van der Waals surface area contributed by atoms with Gasteiger partial charge in [-0.1, -0.05) is 6.58 Å². The summed E-state index contributed by atoms with van der Waals surface area (Å²) in [4.78, 5) is 12.9. The van der Waals surface area contributed by atoms with Gasteiger partial charge in [0, 0.05) is 12.3 Å². The van der Waals surface area contributed by atoms with Gasteiger partial charge in [-0.05, 0) is 5.57 Å². The summed E-state index contributed by atoms with van der Waals surface area (Å²) in [5.41, 5.74) is 6.70. The summed E-state index contributed by atoms with van der Waals surface area (Å²) < 4.78 is 0. The van der Waals surface area contributed by atoms with Gasteiger partial charge in [0.05, 0.1) is 0 Å². The van der Waals surface area contributed by atoms with Crippen molar-refractivity contribution in [3.63, 3.8) is 0 Å². The van der Waals surface area contributed by atoms with Gasteiger partial charge < -0.3 is 10.6 Å². The molecule has 0 bridgehead atoms. The van der Waals surface area contributed by atoms with Crippen molar-refractivity contribution in [3.05, 3.63) is 12.2 Å². The highest BCUT2D eigenvalue weighted by atomic mass is 32.2. The van der Waals surface area contributed by atoms with E-state index >= 15 is 0 Å². The topological polar surface area (TPSA) is 46.3 Å². The first-order valence-corrected chi connectivity index (χ1v) is 4.59. The van der Waals surface area contributed by atoms with Crippen molar-refractivity contribution in [1.82, 2.24) is 4.90 Å². The Hall–Kier alpha value is -0.480. The maximum Gasteiger partial charge on any atom is 0.243 e. The summed E-state index contributed by atoms with van der Waals surface area (Å²) in [5, 5.41) is 0.230. The molecule has 2 fully saturated rings. The van der Waals surface area contributed by atoms with Gasteiger partial charge in [0.15, 0.2) is 0 Å². The van der Waals surface area contributed by atoms with Crippen LogP contribution < -0.4 is 5.73 Å². The molecule has 1 amide bonds. The Balaban J connectivity index is 2.10. The van der Waals surface area contributed by atoms with Crippen LogP contribution in [0.1, 0.15) is 0 Å². The van der Waals surface area contributed by atoms with Gasteiger partial charge in [-0.3, -0.25) is 4.79 Å². The Bertz CT molecular complexity index is 228. The number of carbonyl (C=O) groups is 1. The highest BCUT2D eigenvalue weighted by molar-refractivity contribution is 8.00. The molecule has 0 saturated carbocycles. The molecule has 0 aromatic carbocycles. The minimum absolute atomic E-state index is 0.0725. The molecular weight excluding hydrogens is 160 g/mol. The van der Waals surface area contributed by atoms with Gasteiger partial charge in [-0.25, -0.2) is 0 Å². The average Bonchev–Trinajstić information content (AvgIpc) is 2.03. The highest BCUT2D eigenvalue weighted by Crippen LogP contribution is 2.34. The van der Waals surface area contributed by atoms with Gasteiger partial charge >= 0.3 is 0 Å². The van der Waals surface area contributed by atoms with Crippen LogP contribution in [-0.2, 0) is 4.79 Å². The van der Waals surface area contributed by atoms with E-state index in [0.717, 1.165) is 11.3 Å². The number of rotatable bonds is 0. The lowest BCUT2D eigenvalue weighted by Gasteiger charge is -2.48. The van der Waals surface area contributed by atoms with E-state index in [1.54, 1.807) is 16.7 Å². The minimum Gasteiger partial charge on any atom is -0.323 e. The smallest absolute Gasteiger partial charge is 0.243 e. The lowest BCUT2D eigenvalue weighted by atomic mass is 10.1. The third-order valence-electron chi connectivity index (χ3n) is 2.03. The Morgan fingerprint density at radius 1 is 1.73 bits per heavy atom. The summed E-state index contributed by atoms with van der Waals surface area (Å²) in [5.74, 6) is 1.02. The molecule has 60 valence electrons. The van der Waals surface area contributed by atoms with Crippen LogP contribution in [0, 0.1) is 0 Å². The summed E-state index contributed by atoms with van der Waals surface area (Å²) in [6, 6.07) is -0.256.